The number of ether oxygens (including phenoxy) is 1. The van der Waals surface area contributed by atoms with E-state index in [4.69, 9.17) is 4.74 Å². The summed E-state index contributed by atoms with van der Waals surface area (Å²) in [5.41, 5.74) is 0. The van der Waals surface area contributed by atoms with Gasteiger partial charge in [-0.2, -0.15) is 0 Å². The molecule has 4 nitrogen and oxygen atoms in total. The van der Waals surface area contributed by atoms with E-state index in [1.54, 1.807) is 14.1 Å². The van der Waals surface area contributed by atoms with Gasteiger partial charge in [0.1, 0.15) is 6.10 Å². The first-order valence-electron chi connectivity index (χ1n) is 8.73. The highest BCUT2D eigenvalue weighted by Gasteiger charge is 2.23. The largest absolute Gasteiger partial charge is 0.445 e. The van der Waals surface area contributed by atoms with Gasteiger partial charge in [0.25, 0.3) is 0 Å². The zero-order valence-corrected chi connectivity index (χ0v) is 14.3. The van der Waals surface area contributed by atoms with Gasteiger partial charge in [0, 0.05) is 20.6 Å². The van der Waals surface area contributed by atoms with E-state index >= 15 is 0 Å². The predicted molar refractivity (Wildman–Crippen MR) is 87.6 cm³/mol. The number of carbonyl (C=O) groups excluding carboxylic acids is 1. The van der Waals surface area contributed by atoms with Gasteiger partial charge in [0.05, 0.1) is 0 Å². The number of rotatable bonds is 9. The van der Waals surface area contributed by atoms with Crippen LogP contribution in [0.4, 0.5) is 4.79 Å². The molecule has 0 radical (unpaired) electrons. The Bertz CT molecular complexity index is 282. The van der Waals surface area contributed by atoms with E-state index in [0.29, 0.717) is 0 Å². The maximum atomic E-state index is 11.6. The quantitative estimate of drug-likeness (QED) is 0.605. The van der Waals surface area contributed by atoms with Gasteiger partial charge in [-0.15, -0.1) is 0 Å². The van der Waals surface area contributed by atoms with Gasteiger partial charge in [-0.3, -0.25) is 4.90 Å². The first-order valence-corrected chi connectivity index (χ1v) is 8.73. The lowest BCUT2D eigenvalue weighted by atomic mass is 10.1. The summed E-state index contributed by atoms with van der Waals surface area (Å²) in [6.45, 7) is 5.49. The van der Waals surface area contributed by atoms with Crippen molar-refractivity contribution in [1.29, 1.82) is 0 Å². The molecule has 21 heavy (non-hydrogen) atoms. The molecule has 1 atom stereocenters. The fourth-order valence-electron chi connectivity index (χ4n) is 2.85. The highest BCUT2D eigenvalue weighted by Crippen LogP contribution is 2.15. The molecule has 0 aromatic heterocycles. The molecule has 1 aliphatic rings. The molecular weight excluding hydrogens is 264 g/mol. The number of nitrogens with zero attached hydrogens (tertiary/aromatic N) is 2. The third-order valence-corrected chi connectivity index (χ3v) is 4.17. The van der Waals surface area contributed by atoms with Crippen molar-refractivity contribution in [3.8, 4) is 0 Å². The molecule has 0 N–H and O–H groups in total. The first-order chi connectivity index (χ1) is 10.1. The second-order valence-electron chi connectivity index (χ2n) is 6.46. The van der Waals surface area contributed by atoms with Crippen LogP contribution < -0.4 is 0 Å². The van der Waals surface area contributed by atoms with Crippen LogP contribution >= 0.6 is 0 Å². The molecular formula is C17H34N2O2. The highest BCUT2D eigenvalue weighted by molar-refractivity contribution is 5.66. The number of unbranched alkanes of at least 4 members (excludes halogenated alkanes) is 6. The Morgan fingerprint density at radius 3 is 2.48 bits per heavy atom. The number of piperidine rings is 1. The van der Waals surface area contributed by atoms with Crippen molar-refractivity contribution in [2.24, 2.45) is 0 Å². The highest BCUT2D eigenvalue weighted by atomic mass is 16.6. The second kappa shape index (κ2) is 10.9. The van der Waals surface area contributed by atoms with Gasteiger partial charge in [0.15, 0.2) is 0 Å². The van der Waals surface area contributed by atoms with Crippen LogP contribution in [0.15, 0.2) is 0 Å². The number of hydrogen-bond acceptors (Lipinski definition) is 3. The van der Waals surface area contributed by atoms with Crippen molar-refractivity contribution in [3.63, 3.8) is 0 Å². The van der Waals surface area contributed by atoms with Gasteiger partial charge in [-0.1, -0.05) is 45.4 Å². The lowest BCUT2D eigenvalue weighted by Crippen LogP contribution is -2.42. The summed E-state index contributed by atoms with van der Waals surface area (Å²) in [4.78, 5) is 15.6. The summed E-state index contributed by atoms with van der Waals surface area (Å²) in [7, 11) is 3.48. The summed E-state index contributed by atoms with van der Waals surface area (Å²) < 4.78 is 5.50. The minimum absolute atomic E-state index is 0.0817. The minimum Gasteiger partial charge on any atom is -0.445 e. The third kappa shape index (κ3) is 8.30. The number of carbonyl (C=O) groups is 1. The summed E-state index contributed by atoms with van der Waals surface area (Å²) in [5.74, 6) is 0. The maximum absolute atomic E-state index is 11.6. The van der Waals surface area contributed by atoms with Crippen molar-refractivity contribution in [2.45, 2.75) is 70.8 Å². The standard InChI is InChI=1S/C17H34N2O2/c1-4-5-6-7-8-9-10-13-19-14-11-12-16(15-19)21-17(20)18(2)3/h16H,4-15H2,1-3H3/t16-/m0/s1. The minimum atomic E-state index is -0.210. The van der Waals surface area contributed by atoms with E-state index in [2.05, 4.69) is 11.8 Å². The van der Waals surface area contributed by atoms with Crippen LogP contribution in [0.1, 0.15) is 64.7 Å². The zero-order valence-electron chi connectivity index (χ0n) is 14.3. The smallest absolute Gasteiger partial charge is 0.409 e. The number of amides is 1. The van der Waals surface area contributed by atoms with Crippen LogP contribution in [-0.2, 0) is 4.74 Å². The molecule has 1 amide bonds. The lowest BCUT2D eigenvalue weighted by Gasteiger charge is -2.32. The molecule has 0 aromatic rings. The molecule has 1 rings (SSSR count). The Morgan fingerprint density at radius 2 is 1.81 bits per heavy atom. The van der Waals surface area contributed by atoms with Crippen molar-refractivity contribution >= 4 is 6.09 Å². The van der Waals surface area contributed by atoms with Gasteiger partial charge >= 0.3 is 6.09 Å². The van der Waals surface area contributed by atoms with E-state index in [1.165, 1.54) is 49.8 Å². The van der Waals surface area contributed by atoms with Gasteiger partial charge in [-0.05, 0) is 32.4 Å². The molecule has 124 valence electrons. The average Bonchev–Trinajstić information content (AvgIpc) is 2.46. The van der Waals surface area contributed by atoms with Crippen LogP contribution in [-0.4, -0.2) is 55.7 Å². The van der Waals surface area contributed by atoms with Gasteiger partial charge < -0.3 is 9.64 Å². The SMILES string of the molecule is CCCCCCCCCN1CCC[C@H](OC(=O)N(C)C)C1. The van der Waals surface area contributed by atoms with Gasteiger partial charge in [0.2, 0.25) is 0 Å². The molecule has 1 saturated heterocycles. The van der Waals surface area contributed by atoms with Crippen molar-refractivity contribution in [2.75, 3.05) is 33.7 Å². The zero-order chi connectivity index (χ0) is 15.5. The summed E-state index contributed by atoms with van der Waals surface area (Å²) in [6, 6.07) is 0. The molecule has 0 saturated carbocycles. The Kier molecular flexibility index (Phi) is 9.48. The molecule has 1 fully saturated rings. The van der Waals surface area contributed by atoms with Crippen LogP contribution in [0, 0.1) is 0 Å². The molecule has 0 aliphatic carbocycles. The topological polar surface area (TPSA) is 32.8 Å². The first kappa shape index (κ1) is 18.3. The van der Waals surface area contributed by atoms with E-state index in [-0.39, 0.29) is 12.2 Å². The second-order valence-corrected chi connectivity index (χ2v) is 6.46. The van der Waals surface area contributed by atoms with Crippen molar-refractivity contribution in [1.82, 2.24) is 9.80 Å². The number of likely N-dealkylation sites (tertiary alicyclic amines) is 1. The molecule has 1 heterocycles. The van der Waals surface area contributed by atoms with E-state index < -0.39 is 0 Å². The Morgan fingerprint density at radius 1 is 1.14 bits per heavy atom. The average molecular weight is 298 g/mol. The van der Waals surface area contributed by atoms with Crippen LogP contribution in [0.25, 0.3) is 0 Å². The molecule has 0 aromatic carbocycles. The number of hydrogen-bond donors (Lipinski definition) is 0. The molecule has 0 bridgehead atoms. The fourth-order valence-corrected chi connectivity index (χ4v) is 2.85. The van der Waals surface area contributed by atoms with Gasteiger partial charge in [-0.25, -0.2) is 4.79 Å². The van der Waals surface area contributed by atoms with Crippen LogP contribution in [0.5, 0.6) is 0 Å². The summed E-state index contributed by atoms with van der Waals surface area (Å²) >= 11 is 0. The molecule has 1 aliphatic heterocycles. The monoisotopic (exact) mass is 298 g/mol. The van der Waals surface area contributed by atoms with E-state index in [0.717, 1.165) is 32.5 Å². The Labute approximate surface area is 130 Å². The fraction of sp³-hybridized carbons (Fsp3) is 0.941. The summed E-state index contributed by atoms with van der Waals surface area (Å²) in [6.07, 6.45) is 11.5. The van der Waals surface area contributed by atoms with Crippen molar-refractivity contribution in [3.05, 3.63) is 0 Å². The maximum Gasteiger partial charge on any atom is 0.409 e. The van der Waals surface area contributed by atoms with E-state index in [9.17, 15) is 4.79 Å². The summed E-state index contributed by atoms with van der Waals surface area (Å²) in [5, 5.41) is 0. The van der Waals surface area contributed by atoms with Crippen molar-refractivity contribution < 1.29 is 9.53 Å². The van der Waals surface area contributed by atoms with E-state index in [1.807, 2.05) is 0 Å². The Balaban J connectivity index is 2.08. The predicted octanol–water partition coefficient (Wildman–Crippen LogP) is 3.90. The lowest BCUT2D eigenvalue weighted by molar-refractivity contribution is 0.0282. The van der Waals surface area contributed by atoms with Crippen LogP contribution in [0.3, 0.4) is 0 Å². The molecule has 4 heteroatoms. The third-order valence-electron chi connectivity index (χ3n) is 4.17. The molecule has 0 spiro atoms. The normalized spacial score (nSPS) is 19.5. The molecule has 0 unspecified atom stereocenters. The Hall–Kier alpha value is -0.770. The van der Waals surface area contributed by atoms with Crippen LogP contribution in [0.2, 0.25) is 0 Å².